The third-order valence-electron chi connectivity index (χ3n) is 5.38. The minimum atomic E-state index is -0.104. The van der Waals surface area contributed by atoms with Gasteiger partial charge in [0.15, 0.2) is 5.82 Å². The van der Waals surface area contributed by atoms with Gasteiger partial charge in [-0.25, -0.2) is 9.67 Å². The van der Waals surface area contributed by atoms with Gasteiger partial charge in [-0.1, -0.05) is 41.9 Å². The van der Waals surface area contributed by atoms with Crippen LogP contribution >= 0.6 is 11.6 Å². The van der Waals surface area contributed by atoms with Crippen molar-refractivity contribution >= 4 is 23.2 Å². The van der Waals surface area contributed by atoms with Gasteiger partial charge in [0.2, 0.25) is 5.82 Å². The summed E-state index contributed by atoms with van der Waals surface area (Å²) in [6.07, 6.45) is 3.23. The molecule has 0 atom stereocenters. The Morgan fingerprint density at radius 3 is 2.59 bits per heavy atom. The molecule has 0 saturated carbocycles. The second-order valence-corrected chi connectivity index (χ2v) is 7.75. The van der Waals surface area contributed by atoms with Crippen LogP contribution in [0.3, 0.4) is 0 Å². The highest BCUT2D eigenvalue weighted by Crippen LogP contribution is 2.27. The number of carbonyl (C=O) groups excluding carboxylic acids is 1. The number of aromatic nitrogens is 3. The molecule has 0 aliphatic carbocycles. The largest absolute Gasteiger partial charge is 0.336 e. The Balaban J connectivity index is 1.59. The number of amides is 1. The van der Waals surface area contributed by atoms with Crippen molar-refractivity contribution in [3.8, 4) is 5.69 Å². The average molecular weight is 406 g/mol. The maximum Gasteiger partial charge on any atom is 0.293 e. The molecule has 146 valence electrons. The van der Waals surface area contributed by atoms with Gasteiger partial charge in [-0.15, -0.1) is 5.10 Å². The van der Waals surface area contributed by atoms with Gasteiger partial charge in [-0.05, 0) is 37.5 Å². The molecule has 5 rings (SSSR count). The van der Waals surface area contributed by atoms with Crippen LogP contribution in [0.2, 0.25) is 5.02 Å². The molecule has 1 amide bonds. The molecule has 0 unspecified atom stereocenters. The molecule has 2 aliphatic heterocycles. The molecule has 2 aliphatic rings. The Morgan fingerprint density at radius 1 is 1.00 bits per heavy atom. The second-order valence-electron chi connectivity index (χ2n) is 7.31. The number of hydrogen-bond donors (Lipinski definition) is 0. The lowest BCUT2D eigenvalue weighted by atomic mass is 10.0. The van der Waals surface area contributed by atoms with E-state index in [1.54, 1.807) is 4.68 Å². The lowest BCUT2D eigenvalue weighted by Gasteiger charge is -2.25. The number of nitrogens with zero attached hydrogens (tertiary/aromatic N) is 5. The van der Waals surface area contributed by atoms with E-state index in [1.165, 1.54) is 6.42 Å². The fourth-order valence-corrected chi connectivity index (χ4v) is 4.10. The SMILES string of the molecule is O=C(c1nc2n(n1)-c1ccc(Cl)cc1C(c1ccccc1)=NC2)N1CCCCC1. The number of carbonyl (C=O) groups is 1. The number of halogens is 1. The summed E-state index contributed by atoms with van der Waals surface area (Å²) in [6.45, 7) is 1.88. The first-order valence-corrected chi connectivity index (χ1v) is 10.2. The van der Waals surface area contributed by atoms with Crippen LogP contribution in [0, 0.1) is 0 Å². The molecule has 3 aromatic rings. The van der Waals surface area contributed by atoms with Crippen molar-refractivity contribution in [2.75, 3.05) is 13.1 Å². The zero-order chi connectivity index (χ0) is 19.8. The van der Waals surface area contributed by atoms with E-state index in [1.807, 2.05) is 53.4 Å². The Bertz CT molecular complexity index is 1100. The number of benzene rings is 2. The van der Waals surface area contributed by atoms with Gasteiger partial charge in [0.25, 0.3) is 5.91 Å². The van der Waals surface area contributed by atoms with Gasteiger partial charge in [0.1, 0.15) is 0 Å². The van der Waals surface area contributed by atoms with E-state index < -0.39 is 0 Å². The second kappa shape index (κ2) is 7.44. The van der Waals surface area contributed by atoms with Crippen LogP contribution in [-0.2, 0) is 6.54 Å². The minimum absolute atomic E-state index is 0.104. The third kappa shape index (κ3) is 3.34. The molecule has 1 aromatic heterocycles. The first-order chi connectivity index (χ1) is 14.2. The summed E-state index contributed by atoms with van der Waals surface area (Å²) in [5.41, 5.74) is 3.56. The van der Waals surface area contributed by atoms with Crippen LogP contribution in [0.1, 0.15) is 46.8 Å². The van der Waals surface area contributed by atoms with Crippen LogP contribution in [0.4, 0.5) is 0 Å². The Labute approximate surface area is 173 Å². The monoisotopic (exact) mass is 405 g/mol. The van der Waals surface area contributed by atoms with E-state index in [-0.39, 0.29) is 11.7 Å². The number of likely N-dealkylation sites (tertiary alicyclic amines) is 1. The van der Waals surface area contributed by atoms with Crippen molar-refractivity contribution in [1.29, 1.82) is 0 Å². The summed E-state index contributed by atoms with van der Waals surface area (Å²) < 4.78 is 1.74. The fourth-order valence-electron chi connectivity index (χ4n) is 3.93. The molecule has 0 radical (unpaired) electrons. The predicted molar refractivity (Wildman–Crippen MR) is 112 cm³/mol. The summed E-state index contributed by atoms with van der Waals surface area (Å²) in [5.74, 6) is 0.786. The number of fused-ring (bicyclic) bond motifs is 3. The summed E-state index contributed by atoms with van der Waals surface area (Å²) in [6, 6.07) is 15.6. The van der Waals surface area contributed by atoms with Gasteiger partial charge in [0, 0.05) is 29.2 Å². The van der Waals surface area contributed by atoms with Crippen LogP contribution < -0.4 is 0 Å². The lowest BCUT2D eigenvalue weighted by Crippen LogP contribution is -2.36. The van der Waals surface area contributed by atoms with E-state index in [9.17, 15) is 4.79 Å². The van der Waals surface area contributed by atoms with Crippen molar-refractivity contribution < 1.29 is 4.79 Å². The number of aliphatic imine (C=N–C) groups is 1. The minimum Gasteiger partial charge on any atom is -0.336 e. The summed E-state index contributed by atoms with van der Waals surface area (Å²) >= 11 is 6.31. The Kier molecular flexibility index (Phi) is 4.64. The Hall–Kier alpha value is -2.99. The molecule has 29 heavy (non-hydrogen) atoms. The zero-order valence-electron chi connectivity index (χ0n) is 15.9. The third-order valence-corrected chi connectivity index (χ3v) is 5.61. The van der Waals surface area contributed by atoms with Crippen molar-refractivity contribution in [3.05, 3.63) is 76.3 Å². The van der Waals surface area contributed by atoms with Crippen LogP contribution in [0.15, 0.2) is 53.5 Å². The highest BCUT2D eigenvalue weighted by Gasteiger charge is 2.27. The highest BCUT2D eigenvalue weighted by atomic mass is 35.5. The average Bonchev–Trinajstić information content (AvgIpc) is 3.13. The van der Waals surface area contributed by atoms with Gasteiger partial charge in [-0.2, -0.15) is 0 Å². The molecule has 0 N–H and O–H groups in total. The van der Waals surface area contributed by atoms with Crippen molar-refractivity contribution in [3.63, 3.8) is 0 Å². The van der Waals surface area contributed by atoms with Gasteiger partial charge in [-0.3, -0.25) is 9.79 Å². The van der Waals surface area contributed by atoms with E-state index >= 15 is 0 Å². The van der Waals surface area contributed by atoms with Gasteiger partial charge < -0.3 is 4.90 Å². The maximum atomic E-state index is 12.9. The summed E-state index contributed by atoms with van der Waals surface area (Å²) in [5, 5.41) is 5.21. The van der Waals surface area contributed by atoms with E-state index in [4.69, 9.17) is 16.6 Å². The van der Waals surface area contributed by atoms with E-state index in [2.05, 4.69) is 10.1 Å². The lowest BCUT2D eigenvalue weighted by molar-refractivity contribution is 0.0712. The molecule has 1 saturated heterocycles. The van der Waals surface area contributed by atoms with Crippen molar-refractivity contribution in [1.82, 2.24) is 19.7 Å². The predicted octanol–water partition coefficient (Wildman–Crippen LogP) is 3.90. The van der Waals surface area contributed by atoms with Crippen LogP contribution in [-0.4, -0.2) is 44.4 Å². The van der Waals surface area contributed by atoms with Gasteiger partial charge in [0.05, 0.1) is 17.9 Å². The topological polar surface area (TPSA) is 63.4 Å². The number of rotatable bonds is 2. The molecule has 2 aromatic carbocycles. The molecule has 0 bridgehead atoms. The fraction of sp³-hybridized carbons (Fsp3) is 0.273. The normalized spacial score (nSPS) is 15.9. The molecular weight excluding hydrogens is 386 g/mol. The number of hydrogen-bond acceptors (Lipinski definition) is 4. The summed E-state index contributed by atoms with van der Waals surface area (Å²) in [4.78, 5) is 24.1. The highest BCUT2D eigenvalue weighted by molar-refractivity contribution is 6.31. The zero-order valence-corrected chi connectivity index (χ0v) is 16.6. The van der Waals surface area contributed by atoms with E-state index in [0.717, 1.165) is 48.5 Å². The van der Waals surface area contributed by atoms with Crippen molar-refractivity contribution in [2.24, 2.45) is 4.99 Å². The van der Waals surface area contributed by atoms with Crippen molar-refractivity contribution in [2.45, 2.75) is 25.8 Å². The smallest absolute Gasteiger partial charge is 0.293 e. The molecular formula is C22H20ClN5O. The standard InChI is InChI=1S/C22H20ClN5O/c23-16-9-10-18-17(13-16)20(15-7-3-1-4-8-15)24-14-19-25-21(26-28(18)19)22(29)27-11-5-2-6-12-27/h1,3-4,7-10,13H,2,5-6,11-12,14H2. The molecule has 3 heterocycles. The Morgan fingerprint density at radius 2 is 1.79 bits per heavy atom. The van der Waals surface area contributed by atoms with Crippen LogP contribution in [0.5, 0.6) is 0 Å². The van der Waals surface area contributed by atoms with Gasteiger partial charge >= 0.3 is 0 Å². The quantitative estimate of drug-likeness (QED) is 0.649. The maximum absolute atomic E-state index is 12.9. The molecule has 1 fully saturated rings. The van der Waals surface area contributed by atoms with E-state index in [0.29, 0.717) is 17.4 Å². The first kappa shape index (κ1) is 18.1. The first-order valence-electron chi connectivity index (χ1n) is 9.86. The summed E-state index contributed by atoms with van der Waals surface area (Å²) in [7, 11) is 0. The number of piperidine rings is 1. The van der Waals surface area contributed by atoms with Crippen LogP contribution in [0.25, 0.3) is 5.69 Å². The molecule has 7 heteroatoms. The molecule has 0 spiro atoms. The molecule has 6 nitrogen and oxygen atoms in total.